The molecule has 0 bridgehead atoms. The van der Waals surface area contributed by atoms with Gasteiger partial charge < -0.3 is 0 Å². The average Bonchev–Trinajstić information content (AvgIpc) is 3.26. The summed E-state index contributed by atoms with van der Waals surface area (Å²) in [6.07, 6.45) is -3.65. The molecule has 0 aliphatic rings. The van der Waals surface area contributed by atoms with Crippen molar-refractivity contribution < 1.29 is 22.0 Å². The maximum Gasteiger partial charge on any atom is 0.406 e. The number of imidazole rings is 1. The molecular weight excluding hydrogens is 461 g/mol. The van der Waals surface area contributed by atoms with Crippen LogP contribution in [0.5, 0.6) is 0 Å². The summed E-state index contributed by atoms with van der Waals surface area (Å²) < 4.78 is 68.9. The molecule has 5 rings (SSSR count). The van der Waals surface area contributed by atoms with Crippen molar-refractivity contribution in [2.75, 3.05) is 0 Å². The number of aromatic nitrogens is 7. The van der Waals surface area contributed by atoms with Crippen LogP contribution in [0.1, 0.15) is 11.3 Å². The summed E-state index contributed by atoms with van der Waals surface area (Å²) in [5.41, 5.74) is -0.528. The molecule has 1 N–H and O–H groups in total. The molecule has 34 heavy (non-hydrogen) atoms. The Labute approximate surface area is 186 Å². The fraction of sp³-hybridized carbons (Fsp3) is 0.190. The number of rotatable bonds is 4. The van der Waals surface area contributed by atoms with E-state index in [1.807, 2.05) is 0 Å². The van der Waals surface area contributed by atoms with E-state index in [2.05, 4.69) is 25.0 Å². The molecular formula is C21H14F5N7O. The number of halogens is 5. The topological polar surface area (TPSA) is 94.3 Å². The second kappa shape index (κ2) is 7.71. The SMILES string of the molecule is Cc1nc(-c2nn(Cc3ccccc3F)c3ncc(F)cc23)nc2[nH]c(=O)n(CC(F)(F)F)c12. The van der Waals surface area contributed by atoms with E-state index in [4.69, 9.17) is 0 Å². The number of hydrogen-bond acceptors (Lipinski definition) is 5. The molecule has 0 aliphatic carbocycles. The van der Waals surface area contributed by atoms with Gasteiger partial charge in [-0.25, -0.2) is 33.2 Å². The van der Waals surface area contributed by atoms with Crippen molar-refractivity contribution in [2.24, 2.45) is 0 Å². The van der Waals surface area contributed by atoms with Gasteiger partial charge in [0, 0.05) is 5.56 Å². The molecule has 0 fully saturated rings. The highest BCUT2D eigenvalue weighted by Crippen LogP contribution is 2.28. The first kappa shape index (κ1) is 21.7. The Bertz CT molecular complexity index is 1620. The van der Waals surface area contributed by atoms with E-state index in [1.165, 1.54) is 23.7 Å². The van der Waals surface area contributed by atoms with Crippen molar-refractivity contribution in [1.82, 2.24) is 34.3 Å². The first-order chi connectivity index (χ1) is 16.1. The van der Waals surface area contributed by atoms with E-state index in [0.29, 0.717) is 10.1 Å². The Morgan fingerprint density at radius 3 is 2.62 bits per heavy atom. The number of aromatic amines is 1. The van der Waals surface area contributed by atoms with Crippen LogP contribution < -0.4 is 5.69 Å². The molecule has 13 heteroatoms. The summed E-state index contributed by atoms with van der Waals surface area (Å²) in [6, 6.07) is 7.20. The smallest absolute Gasteiger partial charge is 0.290 e. The van der Waals surface area contributed by atoms with E-state index in [-0.39, 0.29) is 46.0 Å². The Hall–Kier alpha value is -4.16. The summed E-state index contributed by atoms with van der Waals surface area (Å²) >= 11 is 0. The molecule has 0 atom stereocenters. The second-order valence-corrected chi connectivity index (χ2v) is 7.58. The lowest BCUT2D eigenvalue weighted by atomic mass is 10.2. The van der Waals surface area contributed by atoms with Gasteiger partial charge in [-0.2, -0.15) is 18.3 Å². The van der Waals surface area contributed by atoms with Gasteiger partial charge in [-0.05, 0) is 19.1 Å². The second-order valence-electron chi connectivity index (χ2n) is 7.58. The Morgan fingerprint density at radius 1 is 1.12 bits per heavy atom. The van der Waals surface area contributed by atoms with Gasteiger partial charge in [0.1, 0.15) is 29.4 Å². The third-order valence-electron chi connectivity index (χ3n) is 5.18. The molecule has 0 unspecified atom stereocenters. The molecule has 0 radical (unpaired) electrons. The highest BCUT2D eigenvalue weighted by atomic mass is 19.4. The Balaban J connectivity index is 1.68. The quantitative estimate of drug-likeness (QED) is 0.400. The van der Waals surface area contributed by atoms with E-state index < -0.39 is 30.0 Å². The van der Waals surface area contributed by atoms with Crippen LogP contribution in [0.4, 0.5) is 22.0 Å². The third kappa shape index (κ3) is 3.78. The van der Waals surface area contributed by atoms with Crippen LogP contribution >= 0.6 is 0 Å². The summed E-state index contributed by atoms with van der Waals surface area (Å²) in [4.78, 5) is 26.9. The molecule has 0 saturated carbocycles. The highest BCUT2D eigenvalue weighted by Gasteiger charge is 2.31. The normalized spacial score (nSPS) is 12.2. The van der Waals surface area contributed by atoms with Crippen LogP contribution in [0.3, 0.4) is 0 Å². The van der Waals surface area contributed by atoms with Gasteiger partial charge in [0.25, 0.3) is 0 Å². The van der Waals surface area contributed by atoms with E-state index in [0.717, 1.165) is 12.3 Å². The van der Waals surface area contributed by atoms with E-state index >= 15 is 0 Å². The molecule has 4 heterocycles. The number of nitrogens with one attached hydrogen (secondary N) is 1. The molecule has 0 saturated heterocycles. The van der Waals surface area contributed by atoms with Gasteiger partial charge in [-0.15, -0.1) is 0 Å². The summed E-state index contributed by atoms with van der Waals surface area (Å²) in [7, 11) is 0. The number of hydrogen-bond donors (Lipinski definition) is 1. The van der Waals surface area contributed by atoms with Gasteiger partial charge in [-0.3, -0.25) is 9.55 Å². The zero-order valence-electron chi connectivity index (χ0n) is 17.4. The number of nitrogens with zero attached hydrogens (tertiary/aromatic N) is 6. The minimum Gasteiger partial charge on any atom is -0.290 e. The lowest BCUT2D eigenvalue weighted by Gasteiger charge is -2.08. The summed E-state index contributed by atoms with van der Waals surface area (Å²) in [6.45, 7) is -0.114. The highest BCUT2D eigenvalue weighted by molar-refractivity contribution is 5.90. The molecule has 8 nitrogen and oxygen atoms in total. The number of fused-ring (bicyclic) bond motifs is 2. The Kier molecular flexibility index (Phi) is 4.92. The zero-order valence-corrected chi connectivity index (χ0v) is 17.4. The van der Waals surface area contributed by atoms with Gasteiger partial charge in [0.15, 0.2) is 17.1 Å². The van der Waals surface area contributed by atoms with Crippen molar-refractivity contribution >= 4 is 22.2 Å². The maximum absolute atomic E-state index is 14.2. The lowest BCUT2D eigenvalue weighted by Crippen LogP contribution is -2.26. The first-order valence-corrected chi connectivity index (χ1v) is 9.90. The van der Waals surface area contributed by atoms with Crippen molar-refractivity contribution in [1.29, 1.82) is 0 Å². The first-order valence-electron chi connectivity index (χ1n) is 9.90. The minimum atomic E-state index is -4.63. The molecule has 0 aliphatic heterocycles. The maximum atomic E-state index is 14.2. The predicted molar refractivity (Wildman–Crippen MR) is 111 cm³/mol. The number of pyridine rings is 1. The van der Waals surface area contributed by atoms with E-state index in [9.17, 15) is 26.7 Å². The monoisotopic (exact) mass is 475 g/mol. The molecule has 5 aromatic rings. The number of alkyl halides is 3. The standard InChI is InChI=1S/C21H14F5N7O/c1-10-16-18(30-20(34)32(16)9-21(24,25)26)29-17(28-10)15-13-6-12(22)7-27-19(13)33(31-15)8-11-4-2-3-5-14(11)23/h2-7H,8-9H2,1H3,(H,28,29,30,34). The van der Waals surface area contributed by atoms with Crippen molar-refractivity contribution in [3.8, 4) is 11.5 Å². The van der Waals surface area contributed by atoms with Crippen molar-refractivity contribution in [2.45, 2.75) is 26.2 Å². The van der Waals surface area contributed by atoms with Crippen LogP contribution in [0.25, 0.3) is 33.7 Å². The van der Waals surface area contributed by atoms with Crippen LogP contribution in [-0.4, -0.2) is 40.5 Å². The number of H-pyrrole nitrogens is 1. The Morgan fingerprint density at radius 2 is 1.88 bits per heavy atom. The molecule has 0 amide bonds. The molecule has 4 aromatic heterocycles. The van der Waals surface area contributed by atoms with Crippen LogP contribution in [-0.2, 0) is 13.1 Å². The van der Waals surface area contributed by atoms with Crippen LogP contribution in [0.15, 0.2) is 41.3 Å². The van der Waals surface area contributed by atoms with Crippen LogP contribution in [0, 0.1) is 18.6 Å². The zero-order chi connectivity index (χ0) is 24.2. The third-order valence-corrected chi connectivity index (χ3v) is 5.18. The fourth-order valence-corrected chi connectivity index (χ4v) is 3.78. The van der Waals surface area contributed by atoms with Crippen molar-refractivity contribution in [3.05, 3.63) is 69.9 Å². The predicted octanol–water partition coefficient (Wildman–Crippen LogP) is 3.73. The number of benzene rings is 1. The van der Waals surface area contributed by atoms with Gasteiger partial charge in [0.2, 0.25) is 0 Å². The average molecular weight is 475 g/mol. The number of aryl methyl sites for hydroxylation is 1. The van der Waals surface area contributed by atoms with Gasteiger partial charge >= 0.3 is 11.9 Å². The molecule has 0 spiro atoms. The summed E-state index contributed by atoms with van der Waals surface area (Å²) in [5, 5.41) is 4.61. The van der Waals surface area contributed by atoms with Crippen molar-refractivity contribution in [3.63, 3.8) is 0 Å². The lowest BCUT2D eigenvalue weighted by molar-refractivity contribution is -0.140. The minimum absolute atomic E-state index is 0.0260. The fourth-order valence-electron chi connectivity index (χ4n) is 3.78. The van der Waals surface area contributed by atoms with Crippen LogP contribution in [0.2, 0.25) is 0 Å². The van der Waals surface area contributed by atoms with Gasteiger partial charge in [0.05, 0.1) is 23.8 Å². The molecule has 1 aromatic carbocycles. The molecule has 174 valence electrons. The van der Waals surface area contributed by atoms with Gasteiger partial charge in [-0.1, -0.05) is 18.2 Å². The summed E-state index contributed by atoms with van der Waals surface area (Å²) in [5.74, 6) is -1.19. The largest absolute Gasteiger partial charge is 0.406 e. The van der Waals surface area contributed by atoms with E-state index in [1.54, 1.807) is 12.1 Å².